The number of amides is 2. The molecule has 0 aliphatic rings. The van der Waals surface area contributed by atoms with E-state index in [9.17, 15) is 4.79 Å². The lowest BCUT2D eigenvalue weighted by Gasteiger charge is -2.18. The fraction of sp³-hybridized carbons (Fsp3) is 0.900. The van der Waals surface area contributed by atoms with Gasteiger partial charge >= 0.3 is 6.03 Å². The second-order valence-corrected chi connectivity index (χ2v) is 3.51. The summed E-state index contributed by atoms with van der Waals surface area (Å²) in [6, 6.07) is -0.00968. The number of hydrogen-bond acceptors (Lipinski definition) is 2. The highest BCUT2D eigenvalue weighted by atomic mass is 16.2. The van der Waals surface area contributed by atoms with Crippen LogP contribution in [0.4, 0.5) is 4.79 Å². The van der Waals surface area contributed by atoms with Crippen LogP contribution in [0, 0.1) is 0 Å². The molecule has 0 saturated heterocycles. The van der Waals surface area contributed by atoms with E-state index >= 15 is 0 Å². The number of urea groups is 1. The summed E-state index contributed by atoms with van der Waals surface area (Å²) < 4.78 is 0. The molecular formula is C10H23N3O. The van der Waals surface area contributed by atoms with Crippen molar-refractivity contribution in [3.05, 3.63) is 0 Å². The Morgan fingerprint density at radius 1 is 1.21 bits per heavy atom. The van der Waals surface area contributed by atoms with Gasteiger partial charge in [0.25, 0.3) is 0 Å². The molecule has 0 rings (SSSR count). The first kappa shape index (κ1) is 13.2. The zero-order valence-electron chi connectivity index (χ0n) is 9.84. The zero-order chi connectivity index (χ0) is 11.0. The summed E-state index contributed by atoms with van der Waals surface area (Å²) in [4.78, 5) is 15.0. The van der Waals surface area contributed by atoms with Gasteiger partial charge in [0.2, 0.25) is 0 Å². The minimum absolute atomic E-state index is 0.00968. The molecule has 0 heterocycles. The van der Waals surface area contributed by atoms with E-state index in [-0.39, 0.29) is 6.03 Å². The van der Waals surface area contributed by atoms with E-state index in [0.717, 1.165) is 32.6 Å². The second-order valence-electron chi connectivity index (χ2n) is 3.51. The maximum absolute atomic E-state index is 11.1. The maximum atomic E-state index is 11.1. The van der Waals surface area contributed by atoms with E-state index in [1.165, 1.54) is 0 Å². The molecule has 0 aromatic carbocycles. The zero-order valence-corrected chi connectivity index (χ0v) is 9.84. The van der Waals surface area contributed by atoms with Crippen LogP contribution in [0.15, 0.2) is 0 Å². The Kier molecular flexibility index (Phi) is 7.20. The third-order valence-electron chi connectivity index (χ3n) is 2.23. The third kappa shape index (κ3) is 5.80. The lowest BCUT2D eigenvalue weighted by molar-refractivity contribution is 0.216. The first-order valence-electron chi connectivity index (χ1n) is 5.29. The summed E-state index contributed by atoms with van der Waals surface area (Å²) in [5.41, 5.74) is 0. The molecule has 0 aliphatic heterocycles. The van der Waals surface area contributed by atoms with Crippen LogP contribution >= 0.6 is 0 Å². The molecule has 84 valence electrons. The van der Waals surface area contributed by atoms with Crippen LogP contribution in [0.3, 0.4) is 0 Å². The molecule has 0 spiro atoms. The van der Waals surface area contributed by atoms with E-state index in [1.54, 1.807) is 19.0 Å². The normalized spacial score (nSPS) is 10.4. The summed E-state index contributed by atoms with van der Waals surface area (Å²) >= 11 is 0. The SMILES string of the molecule is CCN(CC)CCCNC(=O)N(C)C. The van der Waals surface area contributed by atoms with Gasteiger partial charge in [-0.05, 0) is 26.1 Å². The van der Waals surface area contributed by atoms with Crippen molar-refractivity contribution in [1.29, 1.82) is 0 Å². The van der Waals surface area contributed by atoms with E-state index in [1.807, 2.05) is 0 Å². The van der Waals surface area contributed by atoms with E-state index in [0.29, 0.717) is 0 Å². The van der Waals surface area contributed by atoms with Crippen molar-refractivity contribution in [1.82, 2.24) is 15.1 Å². The van der Waals surface area contributed by atoms with Gasteiger partial charge in [-0.2, -0.15) is 0 Å². The smallest absolute Gasteiger partial charge is 0.316 e. The second kappa shape index (κ2) is 7.62. The molecule has 4 heteroatoms. The molecule has 0 radical (unpaired) electrons. The number of carbonyl (C=O) groups excluding carboxylic acids is 1. The van der Waals surface area contributed by atoms with E-state index in [2.05, 4.69) is 24.1 Å². The van der Waals surface area contributed by atoms with Crippen LogP contribution in [0.2, 0.25) is 0 Å². The highest BCUT2D eigenvalue weighted by Gasteiger charge is 2.02. The Morgan fingerprint density at radius 2 is 1.79 bits per heavy atom. The molecule has 0 aromatic heterocycles. The van der Waals surface area contributed by atoms with Gasteiger partial charge in [-0.25, -0.2) is 4.79 Å². The predicted molar refractivity (Wildman–Crippen MR) is 59.5 cm³/mol. The summed E-state index contributed by atoms with van der Waals surface area (Å²) in [7, 11) is 3.50. The van der Waals surface area contributed by atoms with Gasteiger partial charge in [-0.3, -0.25) is 0 Å². The molecular weight excluding hydrogens is 178 g/mol. The van der Waals surface area contributed by atoms with Crippen molar-refractivity contribution in [3.8, 4) is 0 Å². The van der Waals surface area contributed by atoms with Crippen molar-refractivity contribution in [2.45, 2.75) is 20.3 Å². The van der Waals surface area contributed by atoms with Gasteiger partial charge in [-0.15, -0.1) is 0 Å². The molecule has 0 atom stereocenters. The van der Waals surface area contributed by atoms with Gasteiger partial charge in [0.1, 0.15) is 0 Å². The molecule has 0 bridgehead atoms. The minimum Gasteiger partial charge on any atom is -0.338 e. The number of nitrogens with zero attached hydrogens (tertiary/aromatic N) is 2. The Hall–Kier alpha value is -0.770. The predicted octanol–water partition coefficient (Wildman–Crippen LogP) is 0.989. The van der Waals surface area contributed by atoms with Crippen LogP contribution < -0.4 is 5.32 Å². The topological polar surface area (TPSA) is 35.6 Å². The lowest BCUT2D eigenvalue weighted by Crippen LogP contribution is -2.36. The first-order chi connectivity index (χ1) is 6.61. The maximum Gasteiger partial charge on any atom is 0.316 e. The van der Waals surface area contributed by atoms with Gasteiger partial charge in [-0.1, -0.05) is 13.8 Å². The number of nitrogens with one attached hydrogen (secondary N) is 1. The summed E-state index contributed by atoms with van der Waals surface area (Å²) in [6.07, 6.45) is 1.02. The molecule has 1 N–H and O–H groups in total. The molecule has 0 aliphatic carbocycles. The molecule has 2 amide bonds. The monoisotopic (exact) mass is 201 g/mol. The van der Waals surface area contributed by atoms with Crippen LogP contribution in [0.1, 0.15) is 20.3 Å². The van der Waals surface area contributed by atoms with Gasteiger partial charge in [0.15, 0.2) is 0 Å². The average molecular weight is 201 g/mol. The van der Waals surface area contributed by atoms with Crippen molar-refractivity contribution >= 4 is 6.03 Å². The number of rotatable bonds is 6. The van der Waals surface area contributed by atoms with Gasteiger partial charge < -0.3 is 15.1 Å². The average Bonchev–Trinajstić information content (AvgIpc) is 2.17. The molecule has 0 aromatic rings. The van der Waals surface area contributed by atoms with E-state index < -0.39 is 0 Å². The van der Waals surface area contributed by atoms with Crippen molar-refractivity contribution in [2.24, 2.45) is 0 Å². The molecule has 14 heavy (non-hydrogen) atoms. The standard InChI is InChI=1S/C10H23N3O/c1-5-13(6-2)9-7-8-11-10(14)12(3)4/h5-9H2,1-4H3,(H,11,14). The summed E-state index contributed by atoms with van der Waals surface area (Å²) in [6.45, 7) is 8.29. The number of carbonyl (C=O) groups is 1. The van der Waals surface area contributed by atoms with Crippen molar-refractivity contribution in [3.63, 3.8) is 0 Å². The highest BCUT2D eigenvalue weighted by molar-refractivity contribution is 5.73. The van der Waals surface area contributed by atoms with Gasteiger partial charge in [0.05, 0.1) is 0 Å². The first-order valence-corrected chi connectivity index (χ1v) is 5.29. The quantitative estimate of drug-likeness (QED) is 0.650. The van der Waals surface area contributed by atoms with Gasteiger partial charge in [0, 0.05) is 20.6 Å². The Labute approximate surface area is 87.3 Å². The summed E-state index contributed by atoms with van der Waals surface area (Å²) in [5.74, 6) is 0. The minimum atomic E-state index is -0.00968. The fourth-order valence-corrected chi connectivity index (χ4v) is 1.20. The van der Waals surface area contributed by atoms with Crippen LogP contribution in [-0.2, 0) is 0 Å². The lowest BCUT2D eigenvalue weighted by atomic mass is 10.3. The molecule has 4 nitrogen and oxygen atoms in total. The van der Waals surface area contributed by atoms with E-state index in [4.69, 9.17) is 0 Å². The van der Waals surface area contributed by atoms with Crippen molar-refractivity contribution in [2.75, 3.05) is 40.3 Å². The Balaban J connectivity index is 3.41. The van der Waals surface area contributed by atoms with Crippen LogP contribution in [0.5, 0.6) is 0 Å². The third-order valence-corrected chi connectivity index (χ3v) is 2.23. The number of hydrogen-bond donors (Lipinski definition) is 1. The highest BCUT2D eigenvalue weighted by Crippen LogP contribution is 1.89. The molecule has 0 unspecified atom stereocenters. The van der Waals surface area contributed by atoms with Crippen LogP contribution in [0.25, 0.3) is 0 Å². The Bertz CT molecular complexity index is 155. The summed E-state index contributed by atoms with van der Waals surface area (Å²) in [5, 5.41) is 2.85. The van der Waals surface area contributed by atoms with Crippen LogP contribution in [-0.4, -0.2) is 56.1 Å². The van der Waals surface area contributed by atoms with Crippen molar-refractivity contribution < 1.29 is 4.79 Å². The Morgan fingerprint density at radius 3 is 2.21 bits per heavy atom. The molecule has 0 saturated carbocycles. The fourth-order valence-electron chi connectivity index (χ4n) is 1.20. The molecule has 0 fully saturated rings. The largest absolute Gasteiger partial charge is 0.338 e.